The van der Waals surface area contributed by atoms with Gasteiger partial charge in [-0.15, -0.1) is 0 Å². The van der Waals surface area contributed by atoms with Crippen LogP contribution in [0.25, 0.3) is 0 Å². The maximum atomic E-state index is 12.1. The van der Waals surface area contributed by atoms with E-state index in [0.717, 1.165) is 7.11 Å². The molecule has 0 saturated carbocycles. The molecule has 0 radical (unpaired) electrons. The van der Waals surface area contributed by atoms with Crippen LogP contribution in [0, 0.1) is 0 Å². The first-order valence-corrected chi connectivity index (χ1v) is 9.87. The second kappa shape index (κ2) is 11.1. The number of esters is 1. The van der Waals surface area contributed by atoms with Gasteiger partial charge < -0.3 is 23.5 Å². The van der Waals surface area contributed by atoms with Gasteiger partial charge in [0.25, 0.3) is 0 Å². The maximum Gasteiger partial charge on any atom is 1.00 e. The van der Waals surface area contributed by atoms with Gasteiger partial charge in [-0.3, -0.25) is 0 Å². The Balaban J connectivity index is 0.00000364. The van der Waals surface area contributed by atoms with E-state index >= 15 is 0 Å². The molecule has 2 unspecified atom stereocenters. The van der Waals surface area contributed by atoms with Crippen molar-refractivity contribution < 1.29 is 57.8 Å². The minimum Gasteiger partial charge on any atom is -0.776 e. The molecule has 6 nitrogen and oxygen atoms in total. The van der Waals surface area contributed by atoms with Crippen LogP contribution in [-0.4, -0.2) is 19.7 Å². The van der Waals surface area contributed by atoms with Crippen LogP contribution in [0.5, 0.6) is 5.75 Å². The molecule has 0 amide bonds. The summed E-state index contributed by atoms with van der Waals surface area (Å²) in [5, 5.41) is 1.00. The van der Waals surface area contributed by atoms with Gasteiger partial charge in [-0.2, -0.15) is 0 Å². The molecule has 0 N–H and O–H groups in total. The van der Waals surface area contributed by atoms with Crippen LogP contribution in [-0.2, 0) is 18.6 Å². The van der Waals surface area contributed by atoms with Crippen molar-refractivity contribution in [3.8, 4) is 5.75 Å². The van der Waals surface area contributed by atoms with Crippen LogP contribution in [0.1, 0.15) is 11.4 Å². The molecule has 2 atom stereocenters. The smallest absolute Gasteiger partial charge is 0.776 e. The maximum absolute atomic E-state index is 12.1. The van der Waals surface area contributed by atoms with Gasteiger partial charge in [-0.25, -0.2) is 4.79 Å². The zero-order valence-electron chi connectivity index (χ0n) is 14.4. The van der Waals surface area contributed by atoms with E-state index in [4.69, 9.17) is 44.3 Å². The summed E-state index contributed by atoms with van der Waals surface area (Å²) in [6.07, 6.45) is 0. The molecular weight excluding hydrogens is 448 g/mol. The van der Waals surface area contributed by atoms with Crippen LogP contribution in [0.2, 0.25) is 15.1 Å². The standard InChI is InChI=1S/C16H14Cl3O6P.Na/c1-23-26(21,22)16(10-2-4-11(17)5-3-10)25-15(20)9-24-14-7-6-12(18)8-13(14)19;/h2-8,16H,9H2,1H3,(H,21,22);/q;+1/p-1. The predicted molar refractivity (Wildman–Crippen MR) is 96.9 cm³/mol. The van der Waals surface area contributed by atoms with Gasteiger partial charge in [0.1, 0.15) is 5.75 Å². The number of carbonyl (C=O) groups is 1. The predicted octanol–water partition coefficient (Wildman–Crippen LogP) is 1.47. The quantitative estimate of drug-likeness (QED) is 0.353. The summed E-state index contributed by atoms with van der Waals surface area (Å²) in [7, 11) is -3.54. The molecule has 27 heavy (non-hydrogen) atoms. The largest absolute Gasteiger partial charge is 1.00 e. The number of halogens is 3. The van der Waals surface area contributed by atoms with Crippen molar-refractivity contribution in [2.45, 2.75) is 5.85 Å². The molecule has 0 aliphatic heterocycles. The Hall–Kier alpha value is -0.270. The monoisotopic (exact) mass is 460 g/mol. The number of benzene rings is 2. The van der Waals surface area contributed by atoms with Crippen molar-refractivity contribution in [1.82, 2.24) is 0 Å². The molecule has 0 fully saturated rings. The Kier molecular flexibility index (Phi) is 10.1. The van der Waals surface area contributed by atoms with Crippen LogP contribution in [0.15, 0.2) is 42.5 Å². The van der Waals surface area contributed by atoms with Crippen molar-refractivity contribution in [2.75, 3.05) is 13.7 Å². The number of ether oxygens (including phenoxy) is 2. The van der Waals surface area contributed by atoms with E-state index in [-0.39, 0.29) is 45.9 Å². The second-order valence-corrected chi connectivity index (χ2v) is 8.17. The molecule has 0 aliphatic rings. The summed E-state index contributed by atoms with van der Waals surface area (Å²) >= 11 is 17.5. The van der Waals surface area contributed by atoms with E-state index in [1.165, 1.54) is 42.5 Å². The molecular formula is C16H13Cl3NaO6P. The first kappa shape index (κ1) is 24.8. The fraction of sp³-hybridized carbons (Fsp3) is 0.188. The van der Waals surface area contributed by atoms with E-state index in [9.17, 15) is 14.3 Å². The Morgan fingerprint density at radius 2 is 1.70 bits per heavy atom. The number of hydrogen-bond acceptors (Lipinski definition) is 6. The van der Waals surface area contributed by atoms with Crippen LogP contribution in [0.3, 0.4) is 0 Å². The first-order valence-electron chi connectivity index (χ1n) is 7.12. The van der Waals surface area contributed by atoms with Gasteiger partial charge in [0.05, 0.1) is 5.02 Å². The Morgan fingerprint density at radius 3 is 2.26 bits per heavy atom. The van der Waals surface area contributed by atoms with Crippen molar-refractivity contribution in [1.29, 1.82) is 0 Å². The van der Waals surface area contributed by atoms with E-state index in [0.29, 0.717) is 10.0 Å². The first-order chi connectivity index (χ1) is 12.2. The fourth-order valence-corrected chi connectivity index (χ4v) is 3.49. The number of rotatable bonds is 7. The molecule has 11 heteroatoms. The summed E-state index contributed by atoms with van der Waals surface area (Å²) in [6.45, 7) is -0.560. The van der Waals surface area contributed by atoms with E-state index in [1.807, 2.05) is 0 Å². The van der Waals surface area contributed by atoms with E-state index < -0.39 is 26.0 Å². The summed E-state index contributed by atoms with van der Waals surface area (Å²) < 4.78 is 26.9. The summed E-state index contributed by atoms with van der Waals surface area (Å²) in [5.41, 5.74) is 0.187. The minimum absolute atomic E-state index is 0. The fourth-order valence-electron chi connectivity index (χ4n) is 1.93. The van der Waals surface area contributed by atoms with Gasteiger partial charge in [0.15, 0.2) is 20.0 Å². The number of carbonyl (C=O) groups excluding carboxylic acids is 1. The van der Waals surface area contributed by atoms with Gasteiger partial charge in [-0.1, -0.05) is 46.9 Å². The SMILES string of the molecule is COP(=O)([O-])C(OC(=O)COc1ccc(Cl)cc1Cl)c1ccc(Cl)cc1.[Na+]. The molecule has 0 bridgehead atoms. The van der Waals surface area contributed by atoms with Gasteiger partial charge >= 0.3 is 35.5 Å². The average molecular weight is 462 g/mol. The Labute approximate surface area is 193 Å². The molecule has 0 spiro atoms. The summed E-state index contributed by atoms with van der Waals surface area (Å²) in [5.74, 6) is -2.36. The van der Waals surface area contributed by atoms with Crippen LogP contribution in [0.4, 0.5) is 0 Å². The Bertz CT molecular complexity index is 833. The van der Waals surface area contributed by atoms with E-state index in [1.54, 1.807) is 0 Å². The topological polar surface area (TPSA) is 84.9 Å². The third-order valence-corrected chi connectivity index (χ3v) is 5.45. The number of hydrogen-bond donors (Lipinski definition) is 0. The van der Waals surface area contributed by atoms with Gasteiger partial charge in [0.2, 0.25) is 0 Å². The van der Waals surface area contributed by atoms with Crippen LogP contribution >= 0.6 is 42.4 Å². The zero-order chi connectivity index (χ0) is 19.3. The molecule has 0 saturated heterocycles. The molecule has 2 rings (SSSR count). The van der Waals surface area contributed by atoms with E-state index in [2.05, 4.69) is 4.52 Å². The third kappa shape index (κ3) is 7.24. The zero-order valence-corrected chi connectivity index (χ0v) is 19.5. The van der Waals surface area contributed by atoms with Crippen molar-refractivity contribution in [2.24, 2.45) is 0 Å². The minimum atomic E-state index is -4.52. The van der Waals surface area contributed by atoms with Gasteiger partial charge in [0, 0.05) is 22.7 Å². The average Bonchev–Trinajstić information content (AvgIpc) is 2.59. The molecule has 2 aromatic carbocycles. The molecule has 2 aromatic rings. The van der Waals surface area contributed by atoms with Crippen LogP contribution < -0.4 is 39.2 Å². The molecule has 0 aliphatic carbocycles. The Morgan fingerprint density at radius 1 is 1.11 bits per heavy atom. The normalized spacial score (nSPS) is 13.8. The molecule has 0 aromatic heterocycles. The van der Waals surface area contributed by atoms with Crippen molar-refractivity contribution in [3.05, 3.63) is 63.1 Å². The second-order valence-electron chi connectivity index (χ2n) is 4.98. The molecule has 0 heterocycles. The summed E-state index contributed by atoms with van der Waals surface area (Å²) in [4.78, 5) is 24.2. The van der Waals surface area contributed by atoms with Crippen molar-refractivity contribution >= 4 is 48.4 Å². The molecule has 140 valence electrons. The third-order valence-electron chi connectivity index (χ3n) is 3.18. The van der Waals surface area contributed by atoms with Gasteiger partial charge in [-0.05, 0) is 30.3 Å². The van der Waals surface area contributed by atoms with Crippen molar-refractivity contribution in [3.63, 3.8) is 0 Å². The summed E-state index contributed by atoms with van der Waals surface area (Å²) in [6, 6.07) is 10.2.